The molecule has 1 unspecified atom stereocenters. The van der Waals surface area contributed by atoms with E-state index >= 15 is 0 Å². The Bertz CT molecular complexity index is 523. The monoisotopic (exact) mass is 266 g/mol. The molecule has 0 saturated heterocycles. The molecule has 0 fully saturated rings. The van der Waals surface area contributed by atoms with Crippen LogP contribution in [0.1, 0.15) is 16.5 Å². The lowest BCUT2D eigenvalue weighted by Gasteiger charge is -2.11. The summed E-state index contributed by atoms with van der Waals surface area (Å²) in [4.78, 5) is 0. The van der Waals surface area contributed by atoms with Gasteiger partial charge < -0.3 is 11.5 Å². The third kappa shape index (κ3) is 2.65. The molecule has 2 rings (SSSR count). The highest BCUT2D eigenvalue weighted by atomic mass is 35.5. The third-order valence-corrected chi connectivity index (χ3v) is 3.38. The molecule has 2 aromatic carbocycles. The van der Waals surface area contributed by atoms with Crippen molar-refractivity contribution in [3.63, 3.8) is 0 Å². The van der Waals surface area contributed by atoms with Gasteiger partial charge in [0.2, 0.25) is 0 Å². The number of anilines is 2. The first-order valence-electron chi connectivity index (χ1n) is 5.12. The van der Waals surface area contributed by atoms with Gasteiger partial charge in [-0.15, -0.1) is 11.6 Å². The molecule has 0 heterocycles. The summed E-state index contributed by atoms with van der Waals surface area (Å²) < 4.78 is 0. The minimum absolute atomic E-state index is 0.256. The lowest BCUT2D eigenvalue weighted by atomic mass is 10.0. The van der Waals surface area contributed by atoms with Gasteiger partial charge in [-0.3, -0.25) is 0 Å². The number of nitrogen functional groups attached to an aromatic ring is 2. The highest BCUT2D eigenvalue weighted by Gasteiger charge is 2.11. The van der Waals surface area contributed by atoms with Gasteiger partial charge in [-0.2, -0.15) is 0 Å². The minimum atomic E-state index is -0.256. The number of benzene rings is 2. The van der Waals surface area contributed by atoms with E-state index in [0.717, 1.165) is 11.1 Å². The summed E-state index contributed by atoms with van der Waals surface area (Å²) in [7, 11) is 0. The van der Waals surface area contributed by atoms with Crippen molar-refractivity contribution < 1.29 is 0 Å². The maximum Gasteiger partial charge on any atom is 0.0836 e. The largest absolute Gasteiger partial charge is 0.399 e. The van der Waals surface area contributed by atoms with Gasteiger partial charge in [0.05, 0.1) is 16.1 Å². The first-order chi connectivity index (χ1) is 8.08. The summed E-state index contributed by atoms with van der Waals surface area (Å²) in [5.41, 5.74) is 14.4. The van der Waals surface area contributed by atoms with E-state index in [-0.39, 0.29) is 5.38 Å². The lowest BCUT2D eigenvalue weighted by molar-refractivity contribution is 1.14. The number of hydrogen-bond acceptors (Lipinski definition) is 2. The number of rotatable bonds is 2. The minimum Gasteiger partial charge on any atom is -0.399 e. The maximum absolute atomic E-state index is 6.37. The van der Waals surface area contributed by atoms with E-state index in [9.17, 15) is 0 Å². The van der Waals surface area contributed by atoms with Gasteiger partial charge in [0.25, 0.3) is 0 Å². The zero-order valence-electron chi connectivity index (χ0n) is 9.03. The van der Waals surface area contributed by atoms with Crippen LogP contribution >= 0.6 is 23.2 Å². The fraction of sp³-hybridized carbons (Fsp3) is 0.0769. The van der Waals surface area contributed by atoms with E-state index in [1.807, 2.05) is 30.3 Å². The van der Waals surface area contributed by atoms with Crippen LogP contribution in [-0.2, 0) is 0 Å². The summed E-state index contributed by atoms with van der Waals surface area (Å²) in [5.74, 6) is 0. The van der Waals surface area contributed by atoms with Crippen molar-refractivity contribution in [1.82, 2.24) is 0 Å². The Kier molecular flexibility index (Phi) is 3.46. The second-order valence-corrected chi connectivity index (χ2v) is 4.65. The number of nitrogens with two attached hydrogens (primary N) is 2. The molecule has 2 nitrogen and oxygen atoms in total. The SMILES string of the molecule is Nc1ccc(C(Cl)c2ccc(N)c(Cl)c2)cc1. The molecule has 0 spiro atoms. The molecule has 0 bridgehead atoms. The Morgan fingerprint density at radius 2 is 1.47 bits per heavy atom. The standard InChI is InChI=1S/C13H12Cl2N2/c14-11-7-9(3-6-12(11)17)13(15)8-1-4-10(16)5-2-8/h1-7,13H,16-17H2. The highest BCUT2D eigenvalue weighted by Crippen LogP contribution is 2.32. The Morgan fingerprint density at radius 3 is 2.06 bits per heavy atom. The van der Waals surface area contributed by atoms with Crippen LogP contribution in [0.15, 0.2) is 42.5 Å². The van der Waals surface area contributed by atoms with Gasteiger partial charge in [0.15, 0.2) is 0 Å². The smallest absolute Gasteiger partial charge is 0.0836 e. The topological polar surface area (TPSA) is 52.0 Å². The number of alkyl halides is 1. The molecule has 0 aliphatic carbocycles. The molecule has 0 aliphatic rings. The average Bonchev–Trinajstić information content (AvgIpc) is 2.33. The molecule has 2 aromatic rings. The first-order valence-corrected chi connectivity index (χ1v) is 5.94. The summed E-state index contributed by atoms with van der Waals surface area (Å²) >= 11 is 12.3. The first kappa shape index (κ1) is 12.1. The molecule has 17 heavy (non-hydrogen) atoms. The van der Waals surface area contributed by atoms with Crippen LogP contribution in [0.25, 0.3) is 0 Å². The Morgan fingerprint density at radius 1 is 0.882 bits per heavy atom. The van der Waals surface area contributed by atoms with Gasteiger partial charge in [-0.1, -0.05) is 29.8 Å². The second kappa shape index (κ2) is 4.86. The quantitative estimate of drug-likeness (QED) is 0.641. The van der Waals surface area contributed by atoms with Gasteiger partial charge in [0, 0.05) is 5.69 Å². The van der Waals surface area contributed by atoms with E-state index in [0.29, 0.717) is 16.4 Å². The normalized spacial score (nSPS) is 12.4. The fourth-order valence-electron chi connectivity index (χ4n) is 1.56. The van der Waals surface area contributed by atoms with Crippen molar-refractivity contribution in [2.75, 3.05) is 11.5 Å². The molecular weight excluding hydrogens is 255 g/mol. The average molecular weight is 267 g/mol. The zero-order valence-corrected chi connectivity index (χ0v) is 10.5. The van der Waals surface area contributed by atoms with Crippen molar-refractivity contribution in [1.29, 1.82) is 0 Å². The maximum atomic E-state index is 6.37. The van der Waals surface area contributed by atoms with Gasteiger partial charge in [0.1, 0.15) is 0 Å². The van der Waals surface area contributed by atoms with Gasteiger partial charge in [-0.25, -0.2) is 0 Å². The van der Waals surface area contributed by atoms with Crippen molar-refractivity contribution in [2.45, 2.75) is 5.38 Å². The number of hydrogen-bond donors (Lipinski definition) is 2. The summed E-state index contributed by atoms with van der Waals surface area (Å²) in [6, 6.07) is 12.9. The van der Waals surface area contributed by atoms with Crippen molar-refractivity contribution >= 4 is 34.6 Å². The molecule has 0 aromatic heterocycles. The molecule has 1 atom stereocenters. The highest BCUT2D eigenvalue weighted by molar-refractivity contribution is 6.33. The van der Waals surface area contributed by atoms with Gasteiger partial charge >= 0.3 is 0 Å². The summed E-state index contributed by atoms with van der Waals surface area (Å²) in [6.45, 7) is 0. The van der Waals surface area contributed by atoms with E-state index in [1.54, 1.807) is 12.1 Å². The molecule has 0 aliphatic heterocycles. The van der Waals surface area contributed by atoms with Crippen LogP contribution in [0.3, 0.4) is 0 Å². The molecule has 4 heteroatoms. The molecule has 0 amide bonds. The van der Waals surface area contributed by atoms with E-state index in [1.165, 1.54) is 0 Å². The molecule has 4 N–H and O–H groups in total. The second-order valence-electron chi connectivity index (χ2n) is 3.81. The van der Waals surface area contributed by atoms with Crippen LogP contribution in [0.5, 0.6) is 0 Å². The molecule has 0 saturated carbocycles. The summed E-state index contributed by atoms with van der Waals surface area (Å²) in [6.07, 6.45) is 0. The summed E-state index contributed by atoms with van der Waals surface area (Å²) in [5, 5.41) is 0.261. The fourth-order valence-corrected chi connectivity index (χ4v) is 2.03. The molecular formula is C13H12Cl2N2. The third-order valence-electron chi connectivity index (χ3n) is 2.55. The van der Waals surface area contributed by atoms with E-state index < -0.39 is 0 Å². The van der Waals surface area contributed by atoms with Crippen LogP contribution in [0.4, 0.5) is 11.4 Å². The number of halogens is 2. The van der Waals surface area contributed by atoms with E-state index in [4.69, 9.17) is 34.7 Å². The predicted octanol–water partition coefficient (Wildman–Crippen LogP) is 3.83. The van der Waals surface area contributed by atoms with Crippen LogP contribution in [0.2, 0.25) is 5.02 Å². The van der Waals surface area contributed by atoms with Crippen LogP contribution in [0, 0.1) is 0 Å². The lowest BCUT2D eigenvalue weighted by Crippen LogP contribution is -1.95. The van der Waals surface area contributed by atoms with Crippen LogP contribution in [-0.4, -0.2) is 0 Å². The van der Waals surface area contributed by atoms with Crippen molar-refractivity contribution in [2.24, 2.45) is 0 Å². The van der Waals surface area contributed by atoms with Crippen molar-refractivity contribution in [3.8, 4) is 0 Å². The van der Waals surface area contributed by atoms with Gasteiger partial charge in [-0.05, 0) is 35.4 Å². The predicted molar refractivity (Wildman–Crippen MR) is 74.4 cm³/mol. The van der Waals surface area contributed by atoms with E-state index in [2.05, 4.69) is 0 Å². The molecule has 88 valence electrons. The Balaban J connectivity index is 2.33. The molecule has 0 radical (unpaired) electrons. The Hall–Kier alpha value is -1.38. The van der Waals surface area contributed by atoms with Crippen molar-refractivity contribution in [3.05, 3.63) is 58.6 Å². The Labute approximate surface area is 110 Å². The van der Waals surface area contributed by atoms with Crippen LogP contribution < -0.4 is 11.5 Å². The zero-order chi connectivity index (χ0) is 12.4.